The molecule has 0 saturated carbocycles. The smallest absolute Gasteiger partial charge is 0.232 e. The zero-order chi connectivity index (χ0) is 15.9. The van der Waals surface area contributed by atoms with E-state index in [0.717, 1.165) is 48.4 Å². The molecular formula is C18H27NO2S. The Morgan fingerprint density at radius 2 is 2.00 bits per heavy atom. The zero-order valence-electron chi connectivity index (χ0n) is 13.9. The van der Waals surface area contributed by atoms with Gasteiger partial charge in [-0.2, -0.15) is 0 Å². The van der Waals surface area contributed by atoms with Crippen LogP contribution in [0.4, 0.5) is 0 Å². The van der Waals surface area contributed by atoms with E-state index in [1.54, 1.807) is 18.9 Å². The van der Waals surface area contributed by atoms with Crippen molar-refractivity contribution in [3.05, 3.63) is 24.3 Å². The van der Waals surface area contributed by atoms with E-state index in [2.05, 4.69) is 18.7 Å². The summed E-state index contributed by atoms with van der Waals surface area (Å²) in [5.41, 5.74) is 0. The molecule has 1 aliphatic rings. The van der Waals surface area contributed by atoms with Crippen molar-refractivity contribution in [2.75, 3.05) is 26.0 Å². The van der Waals surface area contributed by atoms with Gasteiger partial charge in [0.1, 0.15) is 5.75 Å². The predicted octanol–water partition coefficient (Wildman–Crippen LogP) is 4.07. The van der Waals surface area contributed by atoms with Crippen LogP contribution in [0.15, 0.2) is 29.2 Å². The molecule has 3 nitrogen and oxygen atoms in total. The topological polar surface area (TPSA) is 29.5 Å². The van der Waals surface area contributed by atoms with Crippen LogP contribution in [0.2, 0.25) is 0 Å². The molecule has 1 atom stereocenters. The van der Waals surface area contributed by atoms with Gasteiger partial charge in [0.05, 0.1) is 12.9 Å². The van der Waals surface area contributed by atoms with Gasteiger partial charge in [-0.15, -0.1) is 11.8 Å². The number of benzene rings is 1. The Balaban J connectivity index is 1.81. The summed E-state index contributed by atoms with van der Waals surface area (Å²) in [5.74, 6) is 3.14. The Labute approximate surface area is 138 Å². The van der Waals surface area contributed by atoms with Crippen molar-refractivity contribution in [1.29, 1.82) is 0 Å². The van der Waals surface area contributed by atoms with Crippen molar-refractivity contribution in [3.8, 4) is 5.75 Å². The van der Waals surface area contributed by atoms with Crippen LogP contribution in [-0.4, -0.2) is 36.8 Å². The van der Waals surface area contributed by atoms with Gasteiger partial charge in [-0.05, 0) is 55.4 Å². The van der Waals surface area contributed by atoms with E-state index in [1.807, 2.05) is 24.3 Å². The van der Waals surface area contributed by atoms with E-state index >= 15 is 0 Å². The number of hydrogen-bond donors (Lipinski definition) is 0. The first-order chi connectivity index (χ1) is 10.6. The van der Waals surface area contributed by atoms with E-state index in [1.165, 1.54) is 6.42 Å². The van der Waals surface area contributed by atoms with Gasteiger partial charge in [0.2, 0.25) is 5.91 Å². The van der Waals surface area contributed by atoms with E-state index in [0.29, 0.717) is 5.75 Å². The summed E-state index contributed by atoms with van der Waals surface area (Å²) in [6, 6.07) is 7.89. The van der Waals surface area contributed by atoms with Crippen LogP contribution in [0.1, 0.15) is 33.1 Å². The van der Waals surface area contributed by atoms with Gasteiger partial charge >= 0.3 is 0 Å². The molecule has 1 aliphatic heterocycles. The Hall–Kier alpha value is -1.16. The van der Waals surface area contributed by atoms with Crippen LogP contribution in [0.3, 0.4) is 0 Å². The Kier molecular flexibility index (Phi) is 6.62. The molecule has 0 radical (unpaired) electrons. The highest BCUT2D eigenvalue weighted by Gasteiger charge is 2.22. The number of methoxy groups -OCH3 is 1. The van der Waals surface area contributed by atoms with Gasteiger partial charge in [0.25, 0.3) is 0 Å². The van der Waals surface area contributed by atoms with Gasteiger partial charge in [-0.3, -0.25) is 4.79 Å². The average Bonchev–Trinajstić information content (AvgIpc) is 2.79. The summed E-state index contributed by atoms with van der Waals surface area (Å²) in [7, 11) is 1.66. The zero-order valence-corrected chi connectivity index (χ0v) is 14.7. The SMILES string of the molecule is COc1ccc(SCC(=O)N2CCCC(C(C)C)CC2)cc1. The highest BCUT2D eigenvalue weighted by Crippen LogP contribution is 2.26. The van der Waals surface area contributed by atoms with Gasteiger partial charge in [0, 0.05) is 18.0 Å². The number of rotatable bonds is 5. The van der Waals surface area contributed by atoms with Crippen LogP contribution < -0.4 is 4.74 Å². The maximum Gasteiger partial charge on any atom is 0.232 e. The fraction of sp³-hybridized carbons (Fsp3) is 0.611. The van der Waals surface area contributed by atoms with Crippen molar-refractivity contribution >= 4 is 17.7 Å². The third kappa shape index (κ3) is 4.94. The number of amides is 1. The van der Waals surface area contributed by atoms with Crippen molar-refractivity contribution in [2.24, 2.45) is 11.8 Å². The summed E-state index contributed by atoms with van der Waals surface area (Å²) in [4.78, 5) is 15.6. The minimum Gasteiger partial charge on any atom is -0.497 e. The molecule has 1 unspecified atom stereocenters. The summed E-state index contributed by atoms with van der Waals surface area (Å²) in [5, 5.41) is 0. The molecule has 1 aromatic carbocycles. The van der Waals surface area contributed by atoms with E-state index in [-0.39, 0.29) is 5.91 Å². The van der Waals surface area contributed by atoms with Gasteiger partial charge in [-0.25, -0.2) is 0 Å². The first kappa shape index (κ1) is 17.2. The largest absolute Gasteiger partial charge is 0.497 e. The lowest BCUT2D eigenvalue weighted by Crippen LogP contribution is -2.33. The third-order valence-electron chi connectivity index (χ3n) is 4.49. The maximum absolute atomic E-state index is 12.4. The lowest BCUT2D eigenvalue weighted by molar-refractivity contribution is -0.128. The quantitative estimate of drug-likeness (QED) is 0.766. The highest BCUT2D eigenvalue weighted by molar-refractivity contribution is 8.00. The molecule has 0 aliphatic carbocycles. The second kappa shape index (κ2) is 8.47. The number of hydrogen-bond acceptors (Lipinski definition) is 3. The molecule has 1 saturated heterocycles. The minimum atomic E-state index is 0.269. The lowest BCUT2D eigenvalue weighted by atomic mass is 9.89. The van der Waals surface area contributed by atoms with Crippen LogP contribution in [0, 0.1) is 11.8 Å². The molecule has 1 heterocycles. The molecule has 122 valence electrons. The van der Waals surface area contributed by atoms with E-state index < -0.39 is 0 Å². The molecule has 1 amide bonds. The van der Waals surface area contributed by atoms with Gasteiger partial charge < -0.3 is 9.64 Å². The standard InChI is InChI=1S/C18H27NO2S/c1-14(2)15-5-4-11-19(12-10-15)18(20)13-22-17-8-6-16(21-3)7-9-17/h6-9,14-15H,4-5,10-13H2,1-3H3. The summed E-state index contributed by atoms with van der Waals surface area (Å²) in [6.07, 6.45) is 3.55. The lowest BCUT2D eigenvalue weighted by Gasteiger charge is -2.21. The van der Waals surface area contributed by atoms with Crippen molar-refractivity contribution in [1.82, 2.24) is 4.90 Å². The molecule has 0 aromatic heterocycles. The maximum atomic E-state index is 12.4. The minimum absolute atomic E-state index is 0.269. The predicted molar refractivity (Wildman–Crippen MR) is 92.5 cm³/mol. The first-order valence-electron chi connectivity index (χ1n) is 8.14. The summed E-state index contributed by atoms with van der Waals surface area (Å²) < 4.78 is 5.15. The highest BCUT2D eigenvalue weighted by atomic mass is 32.2. The number of likely N-dealkylation sites (tertiary alicyclic amines) is 1. The average molecular weight is 321 g/mol. The molecule has 1 aromatic rings. The van der Waals surface area contributed by atoms with Crippen molar-refractivity contribution in [3.63, 3.8) is 0 Å². The fourth-order valence-electron chi connectivity index (χ4n) is 2.95. The monoisotopic (exact) mass is 321 g/mol. The number of thioether (sulfide) groups is 1. The first-order valence-corrected chi connectivity index (χ1v) is 9.13. The molecule has 2 rings (SSSR count). The molecular weight excluding hydrogens is 294 g/mol. The van der Waals surface area contributed by atoms with Crippen molar-refractivity contribution < 1.29 is 9.53 Å². The number of nitrogens with zero attached hydrogens (tertiary/aromatic N) is 1. The number of carbonyl (C=O) groups is 1. The van der Waals surface area contributed by atoms with E-state index in [9.17, 15) is 4.79 Å². The van der Waals surface area contributed by atoms with E-state index in [4.69, 9.17) is 4.74 Å². The molecule has 1 fully saturated rings. The molecule has 0 N–H and O–H groups in total. The van der Waals surface area contributed by atoms with Crippen LogP contribution in [0.5, 0.6) is 5.75 Å². The van der Waals surface area contributed by atoms with Crippen LogP contribution >= 0.6 is 11.8 Å². The normalized spacial score (nSPS) is 19.1. The summed E-state index contributed by atoms with van der Waals surface area (Å²) >= 11 is 1.61. The third-order valence-corrected chi connectivity index (χ3v) is 5.49. The van der Waals surface area contributed by atoms with Gasteiger partial charge in [0.15, 0.2) is 0 Å². The molecule has 22 heavy (non-hydrogen) atoms. The fourth-order valence-corrected chi connectivity index (χ4v) is 3.75. The van der Waals surface area contributed by atoms with Gasteiger partial charge in [-0.1, -0.05) is 13.8 Å². The molecule has 0 bridgehead atoms. The molecule has 0 spiro atoms. The second-order valence-corrected chi connectivity index (χ2v) is 7.33. The summed E-state index contributed by atoms with van der Waals surface area (Å²) in [6.45, 7) is 6.43. The second-order valence-electron chi connectivity index (χ2n) is 6.28. The Morgan fingerprint density at radius 3 is 2.64 bits per heavy atom. The number of ether oxygens (including phenoxy) is 1. The van der Waals surface area contributed by atoms with Crippen LogP contribution in [0.25, 0.3) is 0 Å². The Bertz CT molecular complexity index is 472. The van der Waals surface area contributed by atoms with Crippen molar-refractivity contribution in [2.45, 2.75) is 38.0 Å². The Morgan fingerprint density at radius 1 is 1.27 bits per heavy atom. The number of carbonyl (C=O) groups excluding carboxylic acids is 1. The molecule has 4 heteroatoms. The van der Waals surface area contributed by atoms with Crippen LogP contribution in [-0.2, 0) is 4.79 Å².